The molecule has 15 nitrogen and oxygen atoms in total. The lowest BCUT2D eigenvalue weighted by Crippen LogP contribution is -2.36. The minimum Gasteiger partial charge on any atom is -0.376 e. The summed E-state index contributed by atoms with van der Waals surface area (Å²) in [7, 11) is 1.88. The second-order valence-corrected chi connectivity index (χ2v) is 18.0. The fraction of sp³-hybridized carbons (Fsp3) is 0.362. The van der Waals surface area contributed by atoms with Crippen LogP contribution in [-0.2, 0) is 24.8 Å². The minimum atomic E-state index is -0.450. The number of imidazole rings is 1. The first-order valence-corrected chi connectivity index (χ1v) is 21.4. The van der Waals surface area contributed by atoms with Gasteiger partial charge in [-0.05, 0) is 124 Å². The van der Waals surface area contributed by atoms with Crippen LogP contribution >= 0.6 is 0 Å². The maximum absolute atomic E-state index is 14.8. The van der Waals surface area contributed by atoms with E-state index in [0.717, 1.165) is 58.9 Å². The number of aryl methyl sites for hydroxylation is 3. The topological polar surface area (TPSA) is 167 Å². The molecule has 1 amide bonds. The Morgan fingerprint density at radius 2 is 1.73 bits per heavy atom. The second kappa shape index (κ2) is 15.2. The molecule has 63 heavy (non-hydrogen) atoms. The molecule has 0 unspecified atom stereocenters. The molecule has 1 aliphatic carbocycles. The molecule has 16 heteroatoms. The van der Waals surface area contributed by atoms with Gasteiger partial charge in [-0.25, -0.2) is 18.7 Å². The highest BCUT2D eigenvalue weighted by Gasteiger charge is 2.37. The molecular weight excluding hydrogens is 804 g/mol. The van der Waals surface area contributed by atoms with Crippen molar-refractivity contribution in [2.75, 3.05) is 13.2 Å². The Morgan fingerprint density at radius 1 is 0.952 bits per heavy atom. The van der Waals surface area contributed by atoms with Crippen molar-refractivity contribution in [1.29, 1.82) is 0 Å². The Hall–Kier alpha value is -6.81. The van der Waals surface area contributed by atoms with Gasteiger partial charge in [-0.2, -0.15) is 10.2 Å². The van der Waals surface area contributed by atoms with E-state index in [-0.39, 0.29) is 29.6 Å². The summed E-state index contributed by atoms with van der Waals surface area (Å²) in [5.41, 5.74) is 7.05. The molecule has 2 N–H and O–H groups in total. The molecule has 2 aliphatic heterocycles. The van der Waals surface area contributed by atoms with Gasteiger partial charge in [0.2, 0.25) is 0 Å². The fourth-order valence-electron chi connectivity index (χ4n) is 9.35. The third kappa shape index (κ3) is 7.41. The van der Waals surface area contributed by atoms with Crippen molar-refractivity contribution in [2.45, 2.75) is 84.3 Å². The van der Waals surface area contributed by atoms with Crippen LogP contribution in [-0.4, -0.2) is 73.4 Å². The summed E-state index contributed by atoms with van der Waals surface area (Å²) in [6, 6.07) is 17.6. The van der Waals surface area contributed by atoms with Crippen molar-refractivity contribution in [2.24, 2.45) is 13.0 Å². The number of aromatic amines is 2. The Bertz CT molecular complexity index is 3170. The highest BCUT2D eigenvalue weighted by Crippen LogP contribution is 2.45. The number of fused-ring (bicyclic) bond motifs is 3. The van der Waals surface area contributed by atoms with Crippen molar-refractivity contribution in [1.82, 2.24) is 48.7 Å². The van der Waals surface area contributed by atoms with E-state index in [4.69, 9.17) is 9.84 Å². The molecule has 2 fully saturated rings. The van der Waals surface area contributed by atoms with Gasteiger partial charge >= 0.3 is 11.4 Å². The number of aromatic nitrogens is 9. The first-order valence-electron chi connectivity index (χ1n) is 21.4. The lowest BCUT2D eigenvalue weighted by molar-refractivity contribution is -0.0592. The number of halogens is 1. The van der Waals surface area contributed by atoms with Gasteiger partial charge in [-0.1, -0.05) is 18.1 Å². The van der Waals surface area contributed by atoms with Crippen LogP contribution in [0.1, 0.15) is 96.1 Å². The fourth-order valence-corrected chi connectivity index (χ4v) is 9.35. The minimum absolute atomic E-state index is 0.123. The number of rotatable bonds is 6. The van der Waals surface area contributed by atoms with Crippen LogP contribution in [0.5, 0.6) is 0 Å². The van der Waals surface area contributed by atoms with E-state index >= 15 is 0 Å². The van der Waals surface area contributed by atoms with Gasteiger partial charge in [-0.15, -0.1) is 0 Å². The number of amides is 1. The number of carbonyl (C=O) groups excluding carboxylic acids is 1. The van der Waals surface area contributed by atoms with Crippen molar-refractivity contribution in [3.8, 4) is 17.2 Å². The van der Waals surface area contributed by atoms with Crippen molar-refractivity contribution < 1.29 is 18.4 Å². The third-order valence-electron chi connectivity index (χ3n) is 12.9. The van der Waals surface area contributed by atoms with E-state index in [2.05, 4.69) is 63.7 Å². The Balaban J connectivity index is 0.000000413. The first kappa shape index (κ1) is 40.3. The van der Waals surface area contributed by atoms with Crippen LogP contribution in [0.3, 0.4) is 0 Å². The molecule has 1 saturated carbocycles. The molecule has 8 aromatic rings. The zero-order valence-electron chi connectivity index (χ0n) is 36.1. The normalized spacial score (nSPS) is 19.3. The summed E-state index contributed by atoms with van der Waals surface area (Å²) < 4.78 is 31.8. The standard InChI is InChI=1S/C41H41FN8O3.C6H8N2O2/c1-24-16-31(17-25(2)37(24)42)50-38(49-14-13-48(40(49)52)30-7-9-36-29(19-30)22-43-46(36)5)32-23-47(12-10-34(32)45-50)39(51)35-20-28-18-26(6-8-33(28)44-35)27-11-15-53-41(3,4)21-27;1-3-2-4(3)5-7-6(9)10-8-5/h6-9,13-14,16-20,22,27,44H,10-12,15,21,23H2,1-5H3;3-4H,2H2,1H3,(H,7,8,9)/t27-;3-,4+/m00/s1. The largest absolute Gasteiger partial charge is 0.438 e. The Kier molecular flexibility index (Phi) is 9.73. The third-order valence-corrected chi connectivity index (χ3v) is 12.9. The van der Waals surface area contributed by atoms with Crippen LogP contribution in [0.25, 0.3) is 39.0 Å². The summed E-state index contributed by atoms with van der Waals surface area (Å²) >= 11 is 0. The Morgan fingerprint density at radius 3 is 2.46 bits per heavy atom. The van der Waals surface area contributed by atoms with Crippen molar-refractivity contribution in [3.63, 3.8) is 0 Å². The maximum atomic E-state index is 14.8. The van der Waals surface area contributed by atoms with Gasteiger partial charge < -0.3 is 14.6 Å². The average molecular weight is 853 g/mol. The summed E-state index contributed by atoms with van der Waals surface area (Å²) in [6.45, 7) is 11.3. The monoisotopic (exact) mass is 852 g/mol. The predicted octanol–water partition coefficient (Wildman–Crippen LogP) is 7.30. The van der Waals surface area contributed by atoms with Gasteiger partial charge in [0, 0.05) is 66.8 Å². The number of hydrogen-bond donors (Lipinski definition) is 2. The highest BCUT2D eigenvalue weighted by atomic mass is 19.1. The molecule has 1 saturated heterocycles. The zero-order chi connectivity index (χ0) is 43.9. The van der Waals surface area contributed by atoms with Gasteiger partial charge in [0.15, 0.2) is 5.82 Å². The molecule has 324 valence electrons. The van der Waals surface area contributed by atoms with E-state index in [1.54, 1.807) is 63.1 Å². The second-order valence-electron chi connectivity index (χ2n) is 18.0. The molecule has 0 spiro atoms. The summed E-state index contributed by atoms with van der Waals surface area (Å²) in [5.74, 6) is 1.87. The molecule has 11 rings (SSSR count). The SMILES string of the molecule is C[C@H]1C[C@H]1c1noc(=O)[nH]1.Cc1cc(-n2nc3c(c2-n2ccn(-c4ccc5c(cnn5C)c4)c2=O)CN(C(=O)c2cc4cc([C@H]5CCOC(C)(C)C5)ccc4[nH]2)CC3)cc(C)c1F. The highest BCUT2D eigenvalue weighted by molar-refractivity contribution is 5.98. The number of nitrogens with zero attached hydrogens (tertiary/aromatic N) is 8. The number of nitrogens with one attached hydrogen (secondary N) is 2. The summed E-state index contributed by atoms with van der Waals surface area (Å²) in [6.07, 6.45) is 8.76. The van der Waals surface area contributed by atoms with E-state index < -0.39 is 5.76 Å². The average Bonchev–Trinajstić information content (AvgIpc) is 3.83. The number of benzene rings is 3. The summed E-state index contributed by atoms with van der Waals surface area (Å²) in [5, 5.41) is 14.8. The van der Waals surface area contributed by atoms with Gasteiger partial charge in [0.25, 0.3) is 5.91 Å². The van der Waals surface area contributed by atoms with Gasteiger partial charge in [0.05, 0.1) is 40.9 Å². The quantitative estimate of drug-likeness (QED) is 0.176. The number of ether oxygens (including phenoxy) is 1. The molecule has 3 atom stereocenters. The summed E-state index contributed by atoms with van der Waals surface area (Å²) in [4.78, 5) is 46.6. The zero-order valence-corrected chi connectivity index (χ0v) is 36.1. The smallest absolute Gasteiger partial charge is 0.376 e. The van der Waals surface area contributed by atoms with Crippen molar-refractivity contribution in [3.05, 3.63) is 140 Å². The lowest BCUT2D eigenvalue weighted by Gasteiger charge is -2.35. The maximum Gasteiger partial charge on any atom is 0.438 e. The Labute approximate surface area is 361 Å². The number of hydrogen-bond acceptors (Lipinski definition) is 8. The molecule has 5 aromatic heterocycles. The van der Waals surface area contributed by atoms with Gasteiger partial charge in [-0.3, -0.25) is 28.1 Å². The lowest BCUT2D eigenvalue weighted by atomic mass is 9.83. The van der Waals surface area contributed by atoms with Crippen molar-refractivity contribution >= 4 is 27.7 Å². The van der Waals surface area contributed by atoms with E-state index in [0.29, 0.717) is 70.6 Å². The molecule has 0 bridgehead atoms. The van der Waals surface area contributed by atoms with Crippen LogP contribution in [0.15, 0.2) is 87.3 Å². The van der Waals surface area contributed by atoms with Crippen LogP contribution in [0.4, 0.5) is 4.39 Å². The van der Waals surface area contributed by atoms with E-state index in [1.807, 2.05) is 36.2 Å². The first-order chi connectivity index (χ1) is 30.2. The predicted molar refractivity (Wildman–Crippen MR) is 235 cm³/mol. The van der Waals surface area contributed by atoms with E-state index in [1.165, 1.54) is 5.56 Å². The molecule has 3 aromatic carbocycles. The van der Waals surface area contributed by atoms with Crippen LogP contribution < -0.4 is 11.4 Å². The number of H-pyrrole nitrogens is 2. The molecule has 0 radical (unpaired) electrons. The molecule has 7 heterocycles. The van der Waals surface area contributed by atoms with E-state index in [9.17, 15) is 18.8 Å². The van der Waals surface area contributed by atoms with Gasteiger partial charge in [0.1, 0.15) is 17.3 Å². The number of carbonyl (C=O) groups is 1. The van der Waals surface area contributed by atoms with Crippen LogP contribution in [0.2, 0.25) is 0 Å². The molecule has 3 aliphatic rings. The van der Waals surface area contributed by atoms with Crippen LogP contribution in [0, 0.1) is 25.6 Å². The molecular formula is C47H49FN10O5.